The van der Waals surface area contributed by atoms with Crippen LogP contribution in [0.15, 0.2) is 12.7 Å². The number of nitrogens with one attached hydrogen (secondary N) is 1. The SMILES string of the molecule is C=CCCNC1(CN)CCN(C)C(C)C1. The van der Waals surface area contributed by atoms with Crippen molar-refractivity contribution in [1.29, 1.82) is 0 Å². The number of rotatable bonds is 5. The average molecular weight is 211 g/mol. The minimum atomic E-state index is 0.162. The maximum absolute atomic E-state index is 5.92. The lowest BCUT2D eigenvalue weighted by atomic mass is 9.83. The van der Waals surface area contributed by atoms with E-state index in [0.717, 1.165) is 38.9 Å². The Morgan fingerprint density at radius 3 is 2.93 bits per heavy atom. The second kappa shape index (κ2) is 5.64. The third kappa shape index (κ3) is 3.30. The lowest BCUT2D eigenvalue weighted by Crippen LogP contribution is -2.59. The van der Waals surface area contributed by atoms with Crippen LogP contribution in [0.5, 0.6) is 0 Å². The van der Waals surface area contributed by atoms with Crippen LogP contribution in [0.4, 0.5) is 0 Å². The fraction of sp³-hybridized carbons (Fsp3) is 0.833. The molecule has 1 aliphatic heterocycles. The monoisotopic (exact) mass is 211 g/mol. The molecule has 0 bridgehead atoms. The minimum absolute atomic E-state index is 0.162. The Hall–Kier alpha value is -0.380. The lowest BCUT2D eigenvalue weighted by Gasteiger charge is -2.44. The van der Waals surface area contributed by atoms with E-state index < -0.39 is 0 Å². The van der Waals surface area contributed by atoms with Gasteiger partial charge in [0.15, 0.2) is 0 Å². The van der Waals surface area contributed by atoms with Gasteiger partial charge in [-0.1, -0.05) is 6.08 Å². The van der Waals surface area contributed by atoms with E-state index in [2.05, 4.69) is 30.8 Å². The Morgan fingerprint density at radius 2 is 2.40 bits per heavy atom. The van der Waals surface area contributed by atoms with E-state index in [4.69, 9.17) is 5.73 Å². The van der Waals surface area contributed by atoms with Crippen LogP contribution in [0.1, 0.15) is 26.2 Å². The summed E-state index contributed by atoms with van der Waals surface area (Å²) in [5.41, 5.74) is 6.08. The van der Waals surface area contributed by atoms with E-state index in [1.54, 1.807) is 0 Å². The van der Waals surface area contributed by atoms with Gasteiger partial charge in [0.25, 0.3) is 0 Å². The molecule has 0 saturated carbocycles. The first-order chi connectivity index (χ1) is 7.13. The molecule has 0 amide bonds. The first-order valence-electron chi connectivity index (χ1n) is 5.90. The molecule has 1 saturated heterocycles. The molecule has 3 nitrogen and oxygen atoms in total. The van der Waals surface area contributed by atoms with Gasteiger partial charge in [-0.25, -0.2) is 0 Å². The third-order valence-corrected chi connectivity index (χ3v) is 3.62. The highest BCUT2D eigenvalue weighted by molar-refractivity contribution is 4.97. The molecule has 2 atom stereocenters. The van der Waals surface area contributed by atoms with Gasteiger partial charge in [-0.05, 0) is 46.3 Å². The van der Waals surface area contributed by atoms with Crippen LogP contribution in [-0.2, 0) is 0 Å². The molecule has 1 fully saturated rings. The predicted octanol–water partition coefficient (Wildman–Crippen LogP) is 0.964. The average Bonchev–Trinajstić information content (AvgIpc) is 2.24. The molecule has 0 aliphatic carbocycles. The van der Waals surface area contributed by atoms with Gasteiger partial charge < -0.3 is 16.0 Å². The predicted molar refractivity (Wildman–Crippen MR) is 65.9 cm³/mol. The van der Waals surface area contributed by atoms with Crippen LogP contribution >= 0.6 is 0 Å². The van der Waals surface area contributed by atoms with E-state index in [0.29, 0.717) is 6.04 Å². The van der Waals surface area contributed by atoms with Crippen LogP contribution in [-0.4, -0.2) is 43.2 Å². The van der Waals surface area contributed by atoms with Crippen molar-refractivity contribution < 1.29 is 0 Å². The fourth-order valence-corrected chi connectivity index (χ4v) is 2.29. The molecule has 0 aromatic carbocycles. The molecule has 3 heteroatoms. The summed E-state index contributed by atoms with van der Waals surface area (Å²) in [5.74, 6) is 0. The molecule has 3 N–H and O–H groups in total. The van der Waals surface area contributed by atoms with Crippen molar-refractivity contribution in [3.05, 3.63) is 12.7 Å². The minimum Gasteiger partial charge on any atom is -0.329 e. The first-order valence-corrected chi connectivity index (χ1v) is 5.90. The molecule has 0 aromatic rings. The topological polar surface area (TPSA) is 41.3 Å². The highest BCUT2D eigenvalue weighted by atomic mass is 15.2. The van der Waals surface area contributed by atoms with Crippen molar-refractivity contribution in [2.24, 2.45) is 5.73 Å². The molecule has 0 aromatic heterocycles. The van der Waals surface area contributed by atoms with Crippen molar-refractivity contribution >= 4 is 0 Å². The van der Waals surface area contributed by atoms with Crippen LogP contribution in [0, 0.1) is 0 Å². The van der Waals surface area contributed by atoms with Gasteiger partial charge in [0.05, 0.1) is 0 Å². The number of nitrogens with two attached hydrogens (primary N) is 1. The Morgan fingerprint density at radius 1 is 1.67 bits per heavy atom. The molecule has 88 valence electrons. The largest absolute Gasteiger partial charge is 0.329 e. The van der Waals surface area contributed by atoms with E-state index in [1.807, 2.05) is 6.08 Å². The maximum Gasteiger partial charge on any atom is 0.0331 e. The number of piperidine rings is 1. The first kappa shape index (κ1) is 12.7. The molecule has 15 heavy (non-hydrogen) atoms. The zero-order valence-electron chi connectivity index (χ0n) is 10.1. The van der Waals surface area contributed by atoms with E-state index >= 15 is 0 Å². The van der Waals surface area contributed by atoms with Crippen molar-refractivity contribution in [1.82, 2.24) is 10.2 Å². The summed E-state index contributed by atoms with van der Waals surface area (Å²) < 4.78 is 0. The van der Waals surface area contributed by atoms with Crippen LogP contribution in [0.2, 0.25) is 0 Å². The summed E-state index contributed by atoms with van der Waals surface area (Å²) in [4.78, 5) is 2.41. The summed E-state index contributed by atoms with van der Waals surface area (Å²) in [6.45, 7) is 8.89. The van der Waals surface area contributed by atoms with Crippen molar-refractivity contribution in [2.75, 3.05) is 26.7 Å². The quantitative estimate of drug-likeness (QED) is 0.526. The Balaban J connectivity index is 2.49. The summed E-state index contributed by atoms with van der Waals surface area (Å²) in [7, 11) is 2.19. The molecule has 1 heterocycles. The number of hydrogen-bond acceptors (Lipinski definition) is 3. The van der Waals surface area contributed by atoms with E-state index in [9.17, 15) is 0 Å². The molecular weight excluding hydrogens is 186 g/mol. The van der Waals surface area contributed by atoms with Crippen LogP contribution in [0.25, 0.3) is 0 Å². The fourth-order valence-electron chi connectivity index (χ4n) is 2.29. The van der Waals surface area contributed by atoms with Gasteiger partial charge in [0.2, 0.25) is 0 Å². The zero-order valence-corrected chi connectivity index (χ0v) is 10.1. The number of nitrogens with zero attached hydrogens (tertiary/aromatic N) is 1. The Bertz CT molecular complexity index is 205. The van der Waals surface area contributed by atoms with E-state index in [1.165, 1.54) is 0 Å². The van der Waals surface area contributed by atoms with Gasteiger partial charge in [-0.3, -0.25) is 0 Å². The third-order valence-electron chi connectivity index (χ3n) is 3.62. The molecule has 2 unspecified atom stereocenters. The molecule has 0 radical (unpaired) electrons. The number of hydrogen-bond donors (Lipinski definition) is 2. The molecule has 1 rings (SSSR count). The molecule has 0 spiro atoms. The molecular formula is C12H25N3. The van der Waals surface area contributed by atoms with Crippen LogP contribution < -0.4 is 11.1 Å². The highest BCUT2D eigenvalue weighted by Crippen LogP contribution is 2.24. The molecule has 1 aliphatic rings. The lowest BCUT2D eigenvalue weighted by molar-refractivity contribution is 0.112. The van der Waals surface area contributed by atoms with E-state index in [-0.39, 0.29) is 5.54 Å². The number of likely N-dealkylation sites (tertiary alicyclic amines) is 1. The van der Waals surface area contributed by atoms with Crippen molar-refractivity contribution in [3.63, 3.8) is 0 Å². The second-order valence-corrected chi connectivity index (χ2v) is 4.77. The van der Waals surface area contributed by atoms with Crippen LogP contribution in [0.3, 0.4) is 0 Å². The van der Waals surface area contributed by atoms with Gasteiger partial charge >= 0.3 is 0 Å². The summed E-state index contributed by atoms with van der Waals surface area (Å²) in [6.07, 6.45) is 5.28. The van der Waals surface area contributed by atoms with Gasteiger partial charge in [0.1, 0.15) is 0 Å². The summed E-state index contributed by atoms with van der Waals surface area (Å²) >= 11 is 0. The summed E-state index contributed by atoms with van der Waals surface area (Å²) in [6, 6.07) is 0.624. The normalized spacial score (nSPS) is 32.9. The van der Waals surface area contributed by atoms with Gasteiger partial charge in [-0.2, -0.15) is 0 Å². The standard InChI is InChI=1S/C12H25N3/c1-4-5-7-14-12(10-13)6-8-15(3)11(2)9-12/h4,11,14H,1,5-10,13H2,2-3H3. The van der Waals surface area contributed by atoms with Gasteiger partial charge in [-0.15, -0.1) is 6.58 Å². The van der Waals surface area contributed by atoms with Crippen molar-refractivity contribution in [2.45, 2.75) is 37.8 Å². The Labute approximate surface area is 93.7 Å². The van der Waals surface area contributed by atoms with Gasteiger partial charge in [0, 0.05) is 18.1 Å². The smallest absolute Gasteiger partial charge is 0.0331 e. The second-order valence-electron chi connectivity index (χ2n) is 4.77. The maximum atomic E-state index is 5.92. The zero-order chi connectivity index (χ0) is 11.3. The highest BCUT2D eigenvalue weighted by Gasteiger charge is 2.35. The summed E-state index contributed by atoms with van der Waals surface area (Å²) in [5, 5.41) is 3.61. The Kier molecular flexibility index (Phi) is 4.77. The van der Waals surface area contributed by atoms with Crippen molar-refractivity contribution in [3.8, 4) is 0 Å².